The molecule has 0 amide bonds. The highest BCUT2D eigenvalue weighted by Gasteiger charge is 2.44. The normalized spacial score (nSPS) is 17.8. The lowest BCUT2D eigenvalue weighted by atomic mass is 9.55. The molecule has 2 aliphatic rings. The zero-order chi connectivity index (χ0) is 21.1. The monoisotopic (exact) mass is 408 g/mol. The van der Waals surface area contributed by atoms with Gasteiger partial charge in [0.25, 0.3) is 0 Å². The molecule has 0 aliphatic carbocycles. The third kappa shape index (κ3) is 2.51. The summed E-state index contributed by atoms with van der Waals surface area (Å²) in [5.74, 6) is 2.57. The zero-order valence-corrected chi connectivity index (χ0v) is 17.6. The number of rotatable bonds is 2. The van der Waals surface area contributed by atoms with Crippen molar-refractivity contribution in [1.82, 2.24) is 19.9 Å². The molecule has 0 spiro atoms. The van der Waals surface area contributed by atoms with Gasteiger partial charge in [0.1, 0.15) is 11.9 Å². The minimum Gasteiger partial charge on any atom is -0.439 e. The summed E-state index contributed by atoms with van der Waals surface area (Å²) in [6.07, 6.45) is 7.35. The Morgan fingerprint density at radius 3 is 2.52 bits per heavy atom. The topological polar surface area (TPSA) is 61.5 Å². The first-order valence-corrected chi connectivity index (χ1v) is 10.4. The highest BCUT2D eigenvalue weighted by atomic mass is 16.3. The lowest BCUT2D eigenvalue weighted by Gasteiger charge is -2.43. The predicted octanol–water partition coefficient (Wildman–Crippen LogP) is 4.04. The van der Waals surface area contributed by atoms with Crippen molar-refractivity contribution in [2.24, 2.45) is 0 Å². The molecule has 0 N–H and O–H groups in total. The van der Waals surface area contributed by atoms with Crippen LogP contribution in [0.5, 0.6) is 0 Å². The Bertz CT molecular complexity index is 1320. The molecule has 7 nitrogen and oxygen atoms in total. The largest absolute Gasteiger partial charge is 0.439 e. The van der Waals surface area contributed by atoms with Gasteiger partial charge in [-0.25, -0.2) is 15.0 Å². The zero-order valence-electron chi connectivity index (χ0n) is 17.6. The van der Waals surface area contributed by atoms with Crippen LogP contribution in [0.15, 0.2) is 71.2 Å². The second kappa shape index (κ2) is 6.60. The van der Waals surface area contributed by atoms with E-state index in [0.29, 0.717) is 5.71 Å². The second-order valence-electron chi connectivity index (χ2n) is 7.93. The van der Waals surface area contributed by atoms with Crippen LogP contribution in [0, 0.1) is 0 Å². The lowest BCUT2D eigenvalue weighted by Crippen LogP contribution is -2.59. The minimum atomic E-state index is -0.0107. The van der Waals surface area contributed by atoms with Crippen LogP contribution in [0.1, 0.15) is 19.6 Å². The van der Waals surface area contributed by atoms with Crippen LogP contribution in [0.25, 0.3) is 17.2 Å². The van der Waals surface area contributed by atoms with E-state index in [1.807, 2.05) is 24.3 Å². The second-order valence-corrected chi connectivity index (χ2v) is 7.93. The van der Waals surface area contributed by atoms with Gasteiger partial charge in [-0.3, -0.25) is 5.01 Å². The minimum absolute atomic E-state index is 0.0107. The summed E-state index contributed by atoms with van der Waals surface area (Å²) in [4.78, 5) is 18.4. The van der Waals surface area contributed by atoms with Crippen molar-refractivity contribution in [3.63, 3.8) is 0 Å². The number of hydrazine groups is 1. The fraction of sp³-hybridized carbons (Fsp3) is 0.174. The van der Waals surface area contributed by atoms with E-state index in [1.165, 1.54) is 0 Å². The maximum atomic E-state index is 6.06. The molecular formula is C23H21BN6O. The number of nitrogens with zero attached hydrogens (tertiary/aromatic N) is 6. The van der Waals surface area contributed by atoms with Crippen LogP contribution >= 0.6 is 0 Å². The van der Waals surface area contributed by atoms with Crippen LogP contribution in [-0.2, 0) is 0 Å². The van der Waals surface area contributed by atoms with Crippen LogP contribution in [0.2, 0.25) is 6.82 Å². The van der Waals surface area contributed by atoms with Crippen LogP contribution in [-0.4, -0.2) is 32.9 Å². The number of hydrogen-bond acceptors (Lipinski definition) is 7. The maximum absolute atomic E-state index is 6.06. The average Bonchev–Trinajstić information content (AvgIpc) is 3.29. The predicted molar refractivity (Wildman–Crippen MR) is 123 cm³/mol. The number of pyridine rings is 1. The first-order valence-electron chi connectivity index (χ1n) is 10.4. The summed E-state index contributed by atoms with van der Waals surface area (Å²) in [7, 11) is 0. The summed E-state index contributed by atoms with van der Waals surface area (Å²) in [6, 6.07) is 14.4. The molecule has 0 saturated carbocycles. The first-order chi connectivity index (χ1) is 15.1. The number of allylic oxidation sites excluding steroid dienone is 1. The highest BCUT2D eigenvalue weighted by molar-refractivity contribution is 6.73. The van der Waals surface area contributed by atoms with E-state index in [9.17, 15) is 0 Å². The van der Waals surface area contributed by atoms with Crippen molar-refractivity contribution >= 4 is 46.8 Å². The van der Waals surface area contributed by atoms with Gasteiger partial charge in [0.05, 0.1) is 0 Å². The Labute approximate surface area is 180 Å². The third-order valence-electron chi connectivity index (χ3n) is 6.12. The number of para-hydroxylation sites is 1. The molecule has 0 saturated heterocycles. The Morgan fingerprint density at radius 2 is 1.71 bits per heavy atom. The fourth-order valence-corrected chi connectivity index (χ4v) is 4.87. The smallest absolute Gasteiger partial charge is 0.315 e. The molecule has 3 aromatic heterocycles. The third-order valence-corrected chi connectivity index (χ3v) is 6.12. The van der Waals surface area contributed by atoms with Gasteiger partial charge >= 0.3 is 6.85 Å². The van der Waals surface area contributed by atoms with Crippen molar-refractivity contribution < 1.29 is 4.42 Å². The number of furan rings is 1. The Hall–Kier alpha value is -3.81. The van der Waals surface area contributed by atoms with Crippen LogP contribution < -0.4 is 15.4 Å². The quantitative estimate of drug-likeness (QED) is 0.464. The molecule has 152 valence electrons. The summed E-state index contributed by atoms with van der Waals surface area (Å²) < 4.78 is 6.06. The van der Waals surface area contributed by atoms with Gasteiger partial charge in [-0.2, -0.15) is 0 Å². The van der Waals surface area contributed by atoms with Gasteiger partial charge in [0.2, 0.25) is 5.71 Å². The van der Waals surface area contributed by atoms with Crippen LogP contribution in [0.3, 0.4) is 0 Å². The number of fused-ring (bicyclic) bond motifs is 4. The highest BCUT2D eigenvalue weighted by Crippen LogP contribution is 2.43. The van der Waals surface area contributed by atoms with Crippen molar-refractivity contribution in [2.75, 3.05) is 9.91 Å². The van der Waals surface area contributed by atoms with Gasteiger partial charge in [0, 0.05) is 40.8 Å². The Balaban J connectivity index is 1.50. The SMILES string of the molecule is CB1c2c(oc3ncccc23)C=C(C)N1N1c2nccnc2N(c2ccccc2)[C@@H]1C. The first kappa shape index (κ1) is 18.0. The molecule has 1 aromatic carbocycles. The number of benzene rings is 1. The average molecular weight is 408 g/mol. The van der Waals surface area contributed by atoms with Gasteiger partial charge in [-0.1, -0.05) is 25.0 Å². The molecular weight excluding hydrogens is 387 g/mol. The molecule has 4 aromatic rings. The summed E-state index contributed by atoms with van der Waals surface area (Å²) in [6.45, 7) is 6.53. The molecule has 2 aliphatic heterocycles. The molecule has 1 atom stereocenters. The number of hydrogen-bond donors (Lipinski definition) is 0. The standard InChI is InChI=1S/C23H21BN6O/c1-15-14-19-20(18-10-7-11-27-23(18)31-19)24(3)30(15)29-16(2)28(17-8-5-4-6-9-17)21-22(29)26-13-12-25-21/h4-14,16H,1-3H3/t16-/m0/s1. The van der Waals surface area contributed by atoms with Crippen LogP contribution in [0.4, 0.5) is 17.3 Å². The summed E-state index contributed by atoms with van der Waals surface area (Å²) in [5, 5.41) is 3.29. The maximum Gasteiger partial charge on any atom is 0.315 e. The molecule has 0 bridgehead atoms. The van der Waals surface area contributed by atoms with E-state index >= 15 is 0 Å². The van der Waals surface area contributed by atoms with E-state index < -0.39 is 0 Å². The van der Waals surface area contributed by atoms with E-state index in [2.05, 4.69) is 64.8 Å². The molecule has 31 heavy (non-hydrogen) atoms. The van der Waals surface area contributed by atoms with Gasteiger partial charge < -0.3 is 14.2 Å². The van der Waals surface area contributed by atoms with Gasteiger partial charge in [-0.05, 0) is 44.2 Å². The molecule has 0 fully saturated rings. The molecule has 8 heteroatoms. The Morgan fingerprint density at radius 1 is 0.935 bits per heavy atom. The van der Waals surface area contributed by atoms with E-state index in [-0.39, 0.29) is 13.0 Å². The van der Waals surface area contributed by atoms with Crippen molar-refractivity contribution in [3.05, 3.63) is 72.5 Å². The van der Waals surface area contributed by atoms with E-state index in [4.69, 9.17) is 14.4 Å². The molecule has 6 rings (SSSR count). The summed E-state index contributed by atoms with van der Waals surface area (Å²) in [5.41, 5.74) is 3.98. The summed E-state index contributed by atoms with van der Waals surface area (Å²) >= 11 is 0. The molecule has 0 unspecified atom stereocenters. The van der Waals surface area contributed by atoms with E-state index in [0.717, 1.165) is 39.6 Å². The molecule has 0 radical (unpaired) electrons. The van der Waals surface area contributed by atoms with Gasteiger partial charge in [-0.15, -0.1) is 0 Å². The van der Waals surface area contributed by atoms with Crippen molar-refractivity contribution in [3.8, 4) is 0 Å². The fourth-order valence-electron chi connectivity index (χ4n) is 4.87. The lowest BCUT2D eigenvalue weighted by molar-refractivity contribution is 0.438. The number of aromatic nitrogens is 3. The molecule has 5 heterocycles. The van der Waals surface area contributed by atoms with Gasteiger partial charge in [0.15, 0.2) is 11.6 Å². The Kier molecular flexibility index (Phi) is 3.83. The van der Waals surface area contributed by atoms with Crippen molar-refractivity contribution in [2.45, 2.75) is 26.8 Å². The van der Waals surface area contributed by atoms with E-state index in [1.54, 1.807) is 18.6 Å². The van der Waals surface area contributed by atoms with Crippen molar-refractivity contribution in [1.29, 1.82) is 0 Å². The number of anilines is 3.